The normalized spacial score (nSPS) is 16.9. The number of carbonyl (C=O) groups excluding carboxylic acids is 1. The molecule has 0 aliphatic carbocycles. The monoisotopic (exact) mass is 366 g/mol. The fraction of sp³-hybridized carbons (Fsp3) is 0.875. The Morgan fingerprint density at radius 2 is 1.47 bits per heavy atom. The molecule has 0 aromatic carbocycles. The molecule has 0 aromatic rings. The Balaban J connectivity index is 5.45. The van der Waals surface area contributed by atoms with E-state index in [-0.39, 0.29) is 6.42 Å². The van der Waals surface area contributed by atoms with Gasteiger partial charge in [0.15, 0.2) is 0 Å². The van der Waals surface area contributed by atoms with Crippen LogP contribution in [0.15, 0.2) is 0 Å². The Hall–Kier alpha value is -0.610. The molecule has 0 aromatic heterocycles. The third kappa shape index (κ3) is 3.11. The van der Waals surface area contributed by atoms with E-state index < -0.39 is 35.2 Å². The third-order valence-corrected chi connectivity index (χ3v) is 2.79. The summed E-state index contributed by atoms with van der Waals surface area (Å²) in [6, 6.07) is 0. The van der Waals surface area contributed by atoms with Crippen molar-refractivity contribution in [1.29, 1.82) is 0 Å². The van der Waals surface area contributed by atoms with Crippen LogP contribution in [0.25, 0.3) is 0 Å². The van der Waals surface area contributed by atoms with E-state index in [1.807, 2.05) is 0 Å². The molecule has 0 N–H and O–H groups in total. The number of hydrogen-bond acceptors (Lipinski definition) is 2. The largest absolute Gasteiger partial charge is 0.461 e. The van der Waals surface area contributed by atoms with Gasteiger partial charge in [0.05, 0.1) is 6.61 Å². The van der Waals surface area contributed by atoms with E-state index in [4.69, 9.17) is 0 Å². The zero-order valence-corrected chi connectivity index (χ0v) is 10.7. The number of rotatable bonds is 5. The molecule has 0 fully saturated rings. The van der Waals surface area contributed by atoms with E-state index in [1.165, 1.54) is 6.92 Å². The van der Waals surface area contributed by atoms with Crippen molar-refractivity contribution in [2.45, 2.75) is 35.9 Å². The predicted octanol–water partition coefficient (Wildman–Crippen LogP) is 3.83. The number of carbonyl (C=O) groups is 1. The molecule has 0 aliphatic heterocycles. The van der Waals surface area contributed by atoms with Crippen molar-refractivity contribution in [1.82, 2.24) is 0 Å². The van der Waals surface area contributed by atoms with E-state index in [0.717, 1.165) is 15.9 Å². The molecule has 11 heteroatoms. The maximum atomic E-state index is 13.0. The molecule has 0 rings (SSSR count). The number of ether oxygens (including phenoxy) is 1. The van der Waals surface area contributed by atoms with E-state index >= 15 is 0 Å². The summed E-state index contributed by atoms with van der Waals surface area (Å²) < 4.78 is 98.5. The average molecular weight is 367 g/mol. The van der Waals surface area contributed by atoms with Gasteiger partial charge >= 0.3 is 28.6 Å². The molecule has 0 amide bonds. The van der Waals surface area contributed by atoms with Gasteiger partial charge in [-0.25, -0.2) is 9.18 Å². The summed E-state index contributed by atoms with van der Waals surface area (Å²) in [5, 5.41) is 0. The highest BCUT2D eigenvalue weighted by atomic mass is 79.9. The first-order valence-corrected chi connectivity index (χ1v) is 5.40. The Morgan fingerprint density at radius 1 is 1.05 bits per heavy atom. The predicted molar refractivity (Wildman–Crippen MR) is 50.0 cm³/mol. The zero-order chi connectivity index (χ0) is 15.7. The van der Waals surface area contributed by atoms with Crippen molar-refractivity contribution in [2.75, 3.05) is 6.61 Å². The van der Waals surface area contributed by atoms with Crippen LogP contribution in [0.4, 0.5) is 35.1 Å². The van der Waals surface area contributed by atoms with Crippen LogP contribution >= 0.6 is 15.9 Å². The molecule has 0 radical (unpaired) electrons. The Labute approximate surface area is 110 Å². The Morgan fingerprint density at radius 3 is 1.79 bits per heavy atom. The van der Waals surface area contributed by atoms with E-state index in [0.29, 0.717) is 0 Å². The van der Waals surface area contributed by atoms with Gasteiger partial charge in [-0.3, -0.25) is 0 Å². The lowest BCUT2D eigenvalue weighted by molar-refractivity contribution is -0.313. The second kappa shape index (κ2) is 5.41. The lowest BCUT2D eigenvalue weighted by Gasteiger charge is -2.33. The second-order valence-corrected chi connectivity index (χ2v) is 4.45. The summed E-state index contributed by atoms with van der Waals surface area (Å²) in [6.07, 6.45) is -6.41. The molecule has 19 heavy (non-hydrogen) atoms. The van der Waals surface area contributed by atoms with Crippen LogP contribution in [0.5, 0.6) is 0 Å². The highest BCUT2D eigenvalue weighted by Crippen LogP contribution is 2.55. The number of hydrogen-bond donors (Lipinski definition) is 0. The molecular weight excluding hydrogens is 360 g/mol. The van der Waals surface area contributed by atoms with Crippen LogP contribution in [0.3, 0.4) is 0 Å². The molecule has 2 nitrogen and oxygen atoms in total. The topological polar surface area (TPSA) is 26.3 Å². The lowest BCUT2D eigenvalue weighted by atomic mass is 10.1. The first-order chi connectivity index (χ1) is 8.23. The van der Waals surface area contributed by atoms with E-state index in [1.54, 1.807) is 0 Å². The summed E-state index contributed by atoms with van der Waals surface area (Å²) in [7, 11) is 0. The first kappa shape index (κ1) is 18.4. The molecule has 0 aliphatic rings. The van der Waals surface area contributed by atoms with Gasteiger partial charge in [-0.2, -0.15) is 30.7 Å². The molecule has 0 saturated heterocycles. The zero-order valence-electron chi connectivity index (χ0n) is 9.13. The molecule has 0 heterocycles. The first-order valence-electron chi connectivity index (χ1n) is 4.60. The maximum Gasteiger partial charge on any atom is 0.439 e. The summed E-state index contributed by atoms with van der Waals surface area (Å²) in [5.41, 5.74) is 0. The second-order valence-electron chi connectivity index (χ2n) is 3.36. The van der Waals surface area contributed by atoms with Crippen LogP contribution in [-0.4, -0.2) is 35.2 Å². The van der Waals surface area contributed by atoms with Crippen molar-refractivity contribution < 1.29 is 44.7 Å². The molecule has 0 saturated carbocycles. The summed E-state index contributed by atoms with van der Waals surface area (Å²) in [5.74, 6) is -15.3. The van der Waals surface area contributed by atoms with E-state index in [2.05, 4.69) is 4.74 Å². The van der Waals surface area contributed by atoms with Crippen molar-refractivity contribution in [2.24, 2.45) is 0 Å². The van der Waals surface area contributed by atoms with Crippen molar-refractivity contribution in [3.8, 4) is 0 Å². The van der Waals surface area contributed by atoms with Gasteiger partial charge in [0.1, 0.15) is 0 Å². The third-order valence-electron chi connectivity index (χ3n) is 1.84. The molecule has 0 spiro atoms. The SMILES string of the molecule is CCCOC(=O)C(F)(F)C(F)(F)C(F)(Br)C(F)(F)F. The van der Waals surface area contributed by atoms with Gasteiger partial charge in [-0.15, -0.1) is 0 Å². The van der Waals surface area contributed by atoms with Crippen molar-refractivity contribution >= 4 is 21.9 Å². The van der Waals surface area contributed by atoms with Crippen LogP contribution < -0.4 is 0 Å². The van der Waals surface area contributed by atoms with Crippen LogP contribution in [0.1, 0.15) is 13.3 Å². The van der Waals surface area contributed by atoms with Gasteiger partial charge < -0.3 is 4.74 Å². The highest BCUT2D eigenvalue weighted by molar-refractivity contribution is 9.10. The van der Waals surface area contributed by atoms with Crippen LogP contribution in [0.2, 0.25) is 0 Å². The minimum absolute atomic E-state index is 0.0399. The quantitative estimate of drug-likeness (QED) is 0.420. The fourth-order valence-corrected chi connectivity index (χ4v) is 1.04. The van der Waals surface area contributed by atoms with Gasteiger partial charge in [-0.1, -0.05) is 6.92 Å². The van der Waals surface area contributed by atoms with Gasteiger partial charge in [0, 0.05) is 0 Å². The number of alkyl halides is 9. The Bertz CT molecular complexity index is 338. The fourth-order valence-electron chi connectivity index (χ4n) is 0.789. The van der Waals surface area contributed by atoms with Gasteiger partial charge in [-0.05, 0) is 22.4 Å². The minimum Gasteiger partial charge on any atom is -0.461 e. The van der Waals surface area contributed by atoms with Crippen molar-refractivity contribution in [3.05, 3.63) is 0 Å². The maximum absolute atomic E-state index is 13.0. The minimum atomic E-state index is -6.39. The average Bonchev–Trinajstić information content (AvgIpc) is 2.23. The van der Waals surface area contributed by atoms with Crippen LogP contribution in [-0.2, 0) is 9.53 Å². The smallest absolute Gasteiger partial charge is 0.439 e. The van der Waals surface area contributed by atoms with Gasteiger partial charge in [0.2, 0.25) is 0 Å². The highest BCUT2D eigenvalue weighted by Gasteiger charge is 2.82. The van der Waals surface area contributed by atoms with E-state index in [9.17, 15) is 39.9 Å². The summed E-state index contributed by atoms with van der Waals surface area (Å²) in [6.45, 7) is 0.599. The summed E-state index contributed by atoms with van der Waals surface area (Å²) in [4.78, 5) is 10.6. The molecule has 1 unspecified atom stereocenters. The lowest BCUT2D eigenvalue weighted by Crippen LogP contribution is -2.62. The number of halogens is 9. The molecule has 0 bridgehead atoms. The molecule has 114 valence electrons. The van der Waals surface area contributed by atoms with Gasteiger partial charge in [0.25, 0.3) is 0 Å². The van der Waals surface area contributed by atoms with Crippen molar-refractivity contribution in [3.63, 3.8) is 0 Å². The summed E-state index contributed by atoms with van der Waals surface area (Å²) >= 11 is 0.867. The molecule has 1 atom stereocenters. The van der Waals surface area contributed by atoms with Crippen LogP contribution in [0, 0.1) is 0 Å². The Kier molecular flexibility index (Phi) is 5.23. The molecular formula is C8H7BrF8O2. The number of esters is 1. The standard InChI is InChI=1S/C8H7BrF8O2/c1-2-3-19-4(18)5(10,11)7(13,14)6(9,12)8(15,16)17/h2-3H2,1H3.